The van der Waals surface area contributed by atoms with E-state index in [1.807, 2.05) is 12.1 Å². The maximum absolute atomic E-state index is 12.4. The van der Waals surface area contributed by atoms with Crippen molar-refractivity contribution in [1.29, 1.82) is 0 Å². The van der Waals surface area contributed by atoms with Crippen LogP contribution >= 0.6 is 0 Å². The number of benzene rings is 1. The Morgan fingerprint density at radius 2 is 2.08 bits per heavy atom. The predicted octanol–water partition coefficient (Wildman–Crippen LogP) is 3.38. The Labute approximate surface area is 146 Å². The lowest BCUT2D eigenvalue weighted by molar-refractivity contribution is -0.123. The summed E-state index contributed by atoms with van der Waals surface area (Å²) in [6.07, 6.45) is 1.09. The SMILES string of the molecule is CCCCNc1ccccc1C(=O)OC(C)C(=O)Nc1cc(C)on1. The van der Waals surface area contributed by atoms with Gasteiger partial charge in [0.1, 0.15) is 5.76 Å². The van der Waals surface area contributed by atoms with Crippen LogP contribution in [0.4, 0.5) is 11.5 Å². The maximum atomic E-state index is 12.4. The third-order valence-corrected chi connectivity index (χ3v) is 3.53. The molecule has 25 heavy (non-hydrogen) atoms. The van der Waals surface area contributed by atoms with E-state index in [4.69, 9.17) is 9.26 Å². The first-order valence-electron chi connectivity index (χ1n) is 8.29. The summed E-state index contributed by atoms with van der Waals surface area (Å²) >= 11 is 0. The van der Waals surface area contributed by atoms with Crippen LogP contribution in [0, 0.1) is 6.92 Å². The zero-order valence-corrected chi connectivity index (χ0v) is 14.7. The van der Waals surface area contributed by atoms with Crippen molar-refractivity contribution in [1.82, 2.24) is 5.16 Å². The molecule has 1 atom stereocenters. The molecule has 2 N–H and O–H groups in total. The van der Waals surface area contributed by atoms with Crippen molar-refractivity contribution in [2.45, 2.75) is 39.7 Å². The topological polar surface area (TPSA) is 93.5 Å². The molecule has 0 aliphatic heterocycles. The van der Waals surface area contributed by atoms with Crippen LogP contribution in [0.15, 0.2) is 34.9 Å². The summed E-state index contributed by atoms with van der Waals surface area (Å²) in [5, 5.41) is 9.43. The van der Waals surface area contributed by atoms with E-state index >= 15 is 0 Å². The molecule has 0 saturated heterocycles. The molecule has 2 rings (SSSR count). The number of anilines is 2. The first-order chi connectivity index (χ1) is 12.0. The molecular weight excluding hydrogens is 322 g/mol. The Kier molecular flexibility index (Phi) is 6.56. The minimum Gasteiger partial charge on any atom is -0.449 e. The molecule has 1 aromatic carbocycles. The van der Waals surface area contributed by atoms with Crippen LogP contribution in [0.2, 0.25) is 0 Å². The van der Waals surface area contributed by atoms with Crippen molar-refractivity contribution in [2.24, 2.45) is 0 Å². The van der Waals surface area contributed by atoms with Gasteiger partial charge in [-0.05, 0) is 32.4 Å². The van der Waals surface area contributed by atoms with Gasteiger partial charge in [0.25, 0.3) is 5.91 Å². The molecule has 2 aromatic rings. The highest BCUT2D eigenvalue weighted by atomic mass is 16.5. The van der Waals surface area contributed by atoms with Gasteiger partial charge >= 0.3 is 5.97 Å². The second kappa shape index (κ2) is 8.86. The molecule has 0 fully saturated rings. The fourth-order valence-corrected chi connectivity index (χ4v) is 2.15. The van der Waals surface area contributed by atoms with E-state index in [1.165, 1.54) is 6.92 Å². The van der Waals surface area contributed by atoms with E-state index in [0.717, 1.165) is 19.4 Å². The molecular formula is C18H23N3O4. The number of hydrogen-bond donors (Lipinski definition) is 2. The monoisotopic (exact) mass is 345 g/mol. The third kappa shape index (κ3) is 5.34. The Balaban J connectivity index is 1.97. The van der Waals surface area contributed by atoms with Gasteiger partial charge in [-0.15, -0.1) is 0 Å². The highest BCUT2D eigenvalue weighted by molar-refractivity contribution is 5.99. The first-order valence-corrected chi connectivity index (χ1v) is 8.29. The van der Waals surface area contributed by atoms with E-state index < -0.39 is 18.0 Å². The van der Waals surface area contributed by atoms with Crippen LogP contribution in [0.1, 0.15) is 42.8 Å². The van der Waals surface area contributed by atoms with Gasteiger partial charge in [-0.3, -0.25) is 4.79 Å². The summed E-state index contributed by atoms with van der Waals surface area (Å²) < 4.78 is 10.2. The van der Waals surface area contributed by atoms with Crippen LogP contribution in [-0.2, 0) is 9.53 Å². The maximum Gasteiger partial charge on any atom is 0.341 e. The van der Waals surface area contributed by atoms with Crippen molar-refractivity contribution < 1.29 is 18.8 Å². The normalized spacial score (nSPS) is 11.6. The van der Waals surface area contributed by atoms with Gasteiger partial charge in [0, 0.05) is 18.3 Å². The average molecular weight is 345 g/mol. The van der Waals surface area contributed by atoms with Crippen molar-refractivity contribution >= 4 is 23.4 Å². The number of nitrogens with zero attached hydrogens (tertiary/aromatic N) is 1. The van der Waals surface area contributed by atoms with Gasteiger partial charge in [-0.25, -0.2) is 4.79 Å². The summed E-state index contributed by atoms with van der Waals surface area (Å²) in [6.45, 7) is 6.09. The Bertz CT molecular complexity index is 727. The fraction of sp³-hybridized carbons (Fsp3) is 0.389. The minimum absolute atomic E-state index is 0.284. The molecule has 1 aromatic heterocycles. The summed E-state index contributed by atoms with van der Waals surface area (Å²) in [5.41, 5.74) is 1.09. The lowest BCUT2D eigenvalue weighted by Gasteiger charge is -2.15. The van der Waals surface area contributed by atoms with Gasteiger partial charge in [-0.2, -0.15) is 0 Å². The standard InChI is InChI=1S/C18H23N3O4/c1-4-5-10-19-15-9-7-6-8-14(15)18(23)24-13(3)17(22)20-16-11-12(2)25-21-16/h6-9,11,13,19H,4-5,10H2,1-3H3,(H,20,21,22). The number of amides is 1. The van der Waals surface area contributed by atoms with Gasteiger partial charge < -0.3 is 19.9 Å². The number of unbranched alkanes of at least 4 members (excludes halogenated alkanes) is 1. The number of para-hydroxylation sites is 1. The van der Waals surface area contributed by atoms with Crippen molar-refractivity contribution in [2.75, 3.05) is 17.2 Å². The summed E-state index contributed by atoms with van der Waals surface area (Å²) in [4.78, 5) is 24.5. The highest BCUT2D eigenvalue weighted by Crippen LogP contribution is 2.17. The molecule has 1 heterocycles. The van der Waals surface area contributed by atoms with Gasteiger partial charge in [0.05, 0.1) is 5.56 Å². The van der Waals surface area contributed by atoms with Gasteiger partial charge in [0.2, 0.25) is 0 Å². The molecule has 0 saturated carbocycles. The average Bonchev–Trinajstić information content (AvgIpc) is 3.00. The Morgan fingerprint density at radius 1 is 1.32 bits per heavy atom. The molecule has 1 amide bonds. The Hall–Kier alpha value is -2.83. The van der Waals surface area contributed by atoms with Crippen molar-refractivity contribution in [3.8, 4) is 0 Å². The van der Waals surface area contributed by atoms with Crippen LogP contribution in [-0.4, -0.2) is 29.7 Å². The lowest BCUT2D eigenvalue weighted by Crippen LogP contribution is -2.30. The molecule has 0 bridgehead atoms. The largest absolute Gasteiger partial charge is 0.449 e. The summed E-state index contributed by atoms with van der Waals surface area (Å²) in [5.74, 6) is -0.171. The fourth-order valence-electron chi connectivity index (χ4n) is 2.15. The zero-order chi connectivity index (χ0) is 18.2. The number of carbonyl (C=O) groups excluding carboxylic acids is 2. The second-order valence-electron chi connectivity index (χ2n) is 5.69. The quantitative estimate of drug-likeness (QED) is 0.563. The van der Waals surface area contributed by atoms with E-state index in [1.54, 1.807) is 25.1 Å². The molecule has 7 nitrogen and oxygen atoms in total. The second-order valence-corrected chi connectivity index (χ2v) is 5.69. The number of hydrogen-bond acceptors (Lipinski definition) is 6. The number of esters is 1. The van der Waals surface area contributed by atoms with E-state index in [9.17, 15) is 9.59 Å². The number of aryl methyl sites for hydroxylation is 1. The van der Waals surface area contributed by atoms with Gasteiger partial charge in [0.15, 0.2) is 11.9 Å². The lowest BCUT2D eigenvalue weighted by atomic mass is 10.1. The van der Waals surface area contributed by atoms with Crippen LogP contribution in [0.25, 0.3) is 0 Å². The van der Waals surface area contributed by atoms with Crippen molar-refractivity contribution in [3.63, 3.8) is 0 Å². The molecule has 0 radical (unpaired) electrons. The van der Waals surface area contributed by atoms with Crippen LogP contribution in [0.3, 0.4) is 0 Å². The van der Waals surface area contributed by atoms with Crippen molar-refractivity contribution in [3.05, 3.63) is 41.7 Å². The first kappa shape index (κ1) is 18.5. The molecule has 1 unspecified atom stereocenters. The Morgan fingerprint density at radius 3 is 2.76 bits per heavy atom. The smallest absolute Gasteiger partial charge is 0.341 e. The van der Waals surface area contributed by atoms with Gasteiger partial charge in [-0.1, -0.05) is 30.6 Å². The number of nitrogens with one attached hydrogen (secondary N) is 2. The summed E-state index contributed by atoms with van der Waals surface area (Å²) in [7, 11) is 0. The molecule has 0 aliphatic carbocycles. The number of carbonyl (C=O) groups is 2. The van der Waals surface area contributed by atoms with E-state index in [0.29, 0.717) is 17.0 Å². The molecule has 7 heteroatoms. The van der Waals surface area contributed by atoms with E-state index in [2.05, 4.69) is 22.7 Å². The number of aromatic nitrogens is 1. The number of rotatable bonds is 8. The molecule has 0 spiro atoms. The predicted molar refractivity (Wildman–Crippen MR) is 94.6 cm³/mol. The molecule has 134 valence electrons. The highest BCUT2D eigenvalue weighted by Gasteiger charge is 2.21. The zero-order valence-electron chi connectivity index (χ0n) is 14.7. The minimum atomic E-state index is -0.965. The van der Waals surface area contributed by atoms with E-state index in [-0.39, 0.29) is 5.82 Å². The van der Waals surface area contributed by atoms with Crippen LogP contribution in [0.5, 0.6) is 0 Å². The summed E-state index contributed by atoms with van der Waals surface area (Å²) in [6, 6.07) is 8.66. The third-order valence-electron chi connectivity index (χ3n) is 3.53. The number of ether oxygens (including phenoxy) is 1. The van der Waals surface area contributed by atoms with Crippen LogP contribution < -0.4 is 10.6 Å². The molecule has 0 aliphatic rings.